The molecule has 0 spiro atoms. The first-order valence-electron chi connectivity index (χ1n) is 5.76. The summed E-state index contributed by atoms with van der Waals surface area (Å²) in [5.74, 6) is 1.49. The third-order valence-corrected chi connectivity index (χ3v) is 2.44. The zero-order valence-electron chi connectivity index (χ0n) is 9.71. The zero-order valence-corrected chi connectivity index (χ0v) is 9.71. The van der Waals surface area contributed by atoms with Gasteiger partial charge in [-0.15, -0.1) is 0 Å². The molecule has 1 N–H and O–H groups in total. The van der Waals surface area contributed by atoms with Crippen LogP contribution in [-0.2, 0) is 12.8 Å². The molecule has 0 bridgehead atoms. The van der Waals surface area contributed by atoms with Crippen LogP contribution in [0, 0.1) is 6.20 Å². The quantitative estimate of drug-likeness (QED) is 0.839. The first-order valence-corrected chi connectivity index (χ1v) is 5.76. The van der Waals surface area contributed by atoms with Crippen LogP contribution in [0.4, 0.5) is 0 Å². The van der Waals surface area contributed by atoms with E-state index < -0.39 is 0 Å². The van der Waals surface area contributed by atoms with Gasteiger partial charge in [0, 0.05) is 11.8 Å². The van der Waals surface area contributed by atoms with Crippen molar-refractivity contribution in [3.63, 3.8) is 0 Å². The summed E-state index contributed by atoms with van der Waals surface area (Å²) in [7, 11) is 0. The highest BCUT2D eigenvalue weighted by atomic mass is 16.5. The molecule has 0 aliphatic heterocycles. The Labute approximate surface area is 95.1 Å². The molecule has 0 aliphatic rings. The molecule has 85 valence electrons. The molecule has 0 unspecified atom stereocenters. The largest absolute Gasteiger partial charge is 0.352 e. The fourth-order valence-corrected chi connectivity index (χ4v) is 1.70. The maximum absolute atomic E-state index is 5.20. The van der Waals surface area contributed by atoms with Crippen molar-refractivity contribution in [1.29, 1.82) is 0 Å². The van der Waals surface area contributed by atoms with Crippen LogP contribution in [0.2, 0.25) is 0 Å². The van der Waals surface area contributed by atoms with Gasteiger partial charge in [0.25, 0.3) is 0 Å². The molecule has 2 heterocycles. The van der Waals surface area contributed by atoms with Gasteiger partial charge in [-0.1, -0.05) is 31.8 Å². The predicted octanol–water partition coefficient (Wildman–Crippen LogP) is 2.77. The summed E-state index contributed by atoms with van der Waals surface area (Å²) in [4.78, 5) is 7.60. The van der Waals surface area contributed by atoms with Crippen molar-refractivity contribution in [2.75, 3.05) is 0 Å². The maximum atomic E-state index is 5.20. The number of rotatable bonds is 5. The van der Waals surface area contributed by atoms with Crippen molar-refractivity contribution >= 4 is 0 Å². The highest BCUT2D eigenvalue weighted by Gasteiger charge is 2.13. The number of nitrogens with one attached hydrogen (secondary N) is 1. The van der Waals surface area contributed by atoms with E-state index in [2.05, 4.69) is 35.2 Å². The van der Waals surface area contributed by atoms with Crippen molar-refractivity contribution in [3.8, 4) is 11.6 Å². The Hall–Kier alpha value is -1.58. The molecule has 1 radical (unpaired) electrons. The number of hydrogen-bond donors (Lipinski definition) is 1. The monoisotopic (exact) mass is 218 g/mol. The number of hydrogen-bond acceptors (Lipinski definition) is 3. The van der Waals surface area contributed by atoms with Crippen LogP contribution in [0.5, 0.6) is 0 Å². The van der Waals surface area contributed by atoms with Crippen molar-refractivity contribution < 1.29 is 4.52 Å². The fraction of sp³-hybridized carbons (Fsp3) is 0.500. The van der Waals surface area contributed by atoms with E-state index >= 15 is 0 Å². The molecule has 2 aromatic rings. The van der Waals surface area contributed by atoms with E-state index in [4.69, 9.17) is 4.52 Å². The minimum Gasteiger partial charge on any atom is -0.352 e. The normalized spacial score (nSPS) is 10.9. The summed E-state index contributed by atoms with van der Waals surface area (Å²) in [6.07, 6.45) is 8.84. The van der Waals surface area contributed by atoms with Crippen molar-refractivity contribution in [3.05, 3.63) is 23.7 Å². The van der Waals surface area contributed by atoms with Crippen LogP contribution in [-0.4, -0.2) is 15.1 Å². The lowest BCUT2D eigenvalue weighted by atomic mass is 10.1. The molecule has 0 fully saturated rings. The maximum Gasteiger partial charge on any atom is 0.206 e. The molecule has 16 heavy (non-hydrogen) atoms. The van der Waals surface area contributed by atoms with Crippen molar-refractivity contribution in [2.24, 2.45) is 0 Å². The van der Waals surface area contributed by atoms with Crippen molar-refractivity contribution in [1.82, 2.24) is 15.1 Å². The highest BCUT2D eigenvalue weighted by Crippen LogP contribution is 2.21. The molecule has 0 saturated heterocycles. The summed E-state index contributed by atoms with van der Waals surface area (Å²) in [6.45, 7) is 4.26. The first kappa shape index (κ1) is 10.9. The van der Waals surface area contributed by atoms with Gasteiger partial charge in [0.05, 0.1) is 5.69 Å². The first-order chi connectivity index (χ1) is 7.85. The molecule has 4 heteroatoms. The summed E-state index contributed by atoms with van der Waals surface area (Å²) in [5, 5.41) is 3.71. The highest BCUT2D eigenvalue weighted by molar-refractivity contribution is 5.51. The molecule has 0 atom stereocenters. The molecule has 0 amide bonds. The van der Waals surface area contributed by atoms with E-state index in [9.17, 15) is 0 Å². The Balaban J connectivity index is 2.24. The van der Waals surface area contributed by atoms with E-state index in [1.165, 1.54) is 0 Å². The zero-order chi connectivity index (χ0) is 11.4. The molecule has 0 aromatic carbocycles. The van der Waals surface area contributed by atoms with E-state index in [0.29, 0.717) is 0 Å². The third-order valence-electron chi connectivity index (χ3n) is 2.44. The second kappa shape index (κ2) is 4.96. The fourth-order valence-electron chi connectivity index (χ4n) is 1.70. The van der Waals surface area contributed by atoms with Gasteiger partial charge in [-0.05, 0) is 12.8 Å². The number of aryl methyl sites for hydroxylation is 2. The van der Waals surface area contributed by atoms with E-state index in [1.807, 2.05) is 6.20 Å². The average Bonchev–Trinajstić information content (AvgIpc) is 2.87. The predicted molar refractivity (Wildman–Crippen MR) is 60.9 cm³/mol. The summed E-state index contributed by atoms with van der Waals surface area (Å²) in [5.41, 5.74) is 2.07. The topological polar surface area (TPSA) is 54.7 Å². The van der Waals surface area contributed by atoms with Crippen LogP contribution in [0.25, 0.3) is 11.6 Å². The van der Waals surface area contributed by atoms with Crippen LogP contribution in [0.1, 0.15) is 37.9 Å². The number of aromatic amines is 1. The second-order valence-electron chi connectivity index (χ2n) is 3.84. The number of nitrogens with zero attached hydrogens (tertiary/aromatic N) is 2. The minimum atomic E-state index is 0.726. The smallest absolute Gasteiger partial charge is 0.206 e. The van der Waals surface area contributed by atoms with E-state index in [1.54, 1.807) is 0 Å². The van der Waals surface area contributed by atoms with Crippen LogP contribution < -0.4 is 0 Å². The van der Waals surface area contributed by atoms with Gasteiger partial charge in [-0.2, -0.15) is 0 Å². The lowest BCUT2D eigenvalue weighted by molar-refractivity contribution is 0.428. The molecular formula is C12H16N3O. The second-order valence-corrected chi connectivity index (χ2v) is 3.84. The lowest BCUT2D eigenvalue weighted by Gasteiger charge is -1.94. The summed E-state index contributed by atoms with van der Waals surface area (Å²) >= 11 is 0. The van der Waals surface area contributed by atoms with Gasteiger partial charge >= 0.3 is 0 Å². The Kier molecular flexibility index (Phi) is 3.39. The Bertz CT molecular complexity index is 445. The standard InChI is InChI=1S/C12H16N3O/c1-3-5-9-7-14-16-11(9)12-13-8-10(15-12)6-4-2/h8H,3-6H2,1-2H3,(H,13,15). The Morgan fingerprint density at radius 3 is 2.88 bits per heavy atom. The molecular weight excluding hydrogens is 202 g/mol. The van der Waals surface area contributed by atoms with E-state index in [0.717, 1.165) is 48.5 Å². The molecule has 2 rings (SSSR count). The number of aromatic nitrogens is 3. The Morgan fingerprint density at radius 1 is 1.31 bits per heavy atom. The van der Waals surface area contributed by atoms with Gasteiger partial charge < -0.3 is 9.51 Å². The molecule has 4 nitrogen and oxygen atoms in total. The van der Waals surface area contributed by atoms with Crippen molar-refractivity contribution in [2.45, 2.75) is 39.5 Å². The number of H-pyrrole nitrogens is 1. The van der Waals surface area contributed by atoms with Gasteiger partial charge in [-0.3, -0.25) is 0 Å². The number of imidazole rings is 1. The van der Waals surface area contributed by atoms with Gasteiger partial charge in [0.15, 0.2) is 5.82 Å². The van der Waals surface area contributed by atoms with E-state index in [-0.39, 0.29) is 0 Å². The molecule has 0 aliphatic carbocycles. The lowest BCUT2D eigenvalue weighted by Crippen LogP contribution is -1.87. The Morgan fingerprint density at radius 2 is 2.12 bits per heavy atom. The molecule has 0 saturated carbocycles. The minimum absolute atomic E-state index is 0.726. The van der Waals surface area contributed by atoms with Crippen LogP contribution in [0.15, 0.2) is 10.7 Å². The molecule has 2 aromatic heterocycles. The summed E-state index contributed by atoms with van der Waals surface area (Å²) in [6, 6.07) is 0. The van der Waals surface area contributed by atoms with Crippen LogP contribution >= 0.6 is 0 Å². The van der Waals surface area contributed by atoms with Gasteiger partial charge in [-0.25, -0.2) is 4.98 Å². The SMILES string of the molecule is CCCc1c[nH]c(-c2on[c]c2CCC)n1. The average molecular weight is 218 g/mol. The van der Waals surface area contributed by atoms with Gasteiger partial charge in [0.2, 0.25) is 5.76 Å². The summed E-state index contributed by atoms with van der Waals surface area (Å²) < 4.78 is 5.20. The van der Waals surface area contributed by atoms with Gasteiger partial charge in [0.1, 0.15) is 6.20 Å². The third kappa shape index (κ3) is 2.15. The van der Waals surface area contributed by atoms with Crippen LogP contribution in [0.3, 0.4) is 0 Å².